The van der Waals surface area contributed by atoms with Gasteiger partial charge in [-0.3, -0.25) is 0 Å². The Hall–Kier alpha value is -3.47. The van der Waals surface area contributed by atoms with Crippen LogP contribution in [0.3, 0.4) is 0 Å². The number of hydrogen-bond donors (Lipinski definition) is 2. The maximum absolute atomic E-state index is 13.1. The second-order valence-electron chi connectivity index (χ2n) is 8.98. The molecule has 2 aliphatic rings. The average molecular weight is 540 g/mol. The van der Waals surface area contributed by atoms with Crippen molar-refractivity contribution in [1.82, 2.24) is 9.80 Å². The Morgan fingerprint density at radius 2 is 1.84 bits per heavy atom. The number of carboxylic acids is 1. The smallest absolute Gasteiger partial charge is 0.417 e. The zero-order chi connectivity index (χ0) is 26.7. The molecule has 1 atom stereocenters. The number of nitrogens with one attached hydrogen (secondary N) is 1. The van der Waals surface area contributed by atoms with Crippen LogP contribution in [0, 0.1) is 0 Å². The summed E-state index contributed by atoms with van der Waals surface area (Å²) in [7, 11) is 0. The van der Waals surface area contributed by atoms with E-state index in [4.69, 9.17) is 16.3 Å². The van der Waals surface area contributed by atoms with Gasteiger partial charge in [-0.1, -0.05) is 35.9 Å². The molecule has 0 saturated carbocycles. The first-order chi connectivity index (χ1) is 17.5. The Bertz CT molecular complexity index is 1180. The number of halogens is 4. The van der Waals surface area contributed by atoms with E-state index in [1.165, 1.54) is 11.0 Å². The monoisotopic (exact) mass is 539 g/mol. The largest absolute Gasteiger partial charge is 0.478 e. The van der Waals surface area contributed by atoms with Crippen LogP contribution in [0.25, 0.3) is 0 Å². The molecule has 12 heteroatoms. The van der Waals surface area contributed by atoms with Gasteiger partial charge in [-0.15, -0.1) is 0 Å². The van der Waals surface area contributed by atoms with Gasteiger partial charge in [0.25, 0.3) is 0 Å². The Morgan fingerprint density at radius 1 is 1.14 bits per heavy atom. The zero-order valence-electron chi connectivity index (χ0n) is 19.6. The van der Waals surface area contributed by atoms with E-state index >= 15 is 0 Å². The van der Waals surface area contributed by atoms with Gasteiger partial charge in [0.15, 0.2) is 0 Å². The van der Waals surface area contributed by atoms with E-state index in [0.717, 1.165) is 23.4 Å². The molecular weight excluding hydrogens is 515 g/mol. The number of benzene rings is 2. The molecule has 2 aliphatic heterocycles. The molecule has 2 heterocycles. The summed E-state index contributed by atoms with van der Waals surface area (Å²) < 4.78 is 44.6. The molecule has 2 N–H and O–H groups in total. The van der Waals surface area contributed by atoms with Gasteiger partial charge in [0.2, 0.25) is 6.10 Å². The molecule has 2 aromatic carbocycles. The van der Waals surface area contributed by atoms with E-state index < -0.39 is 41.3 Å². The number of para-hydroxylation sites is 1. The maximum atomic E-state index is 13.1. The summed E-state index contributed by atoms with van der Waals surface area (Å²) in [6.07, 6.45) is -6.07. The lowest BCUT2D eigenvalue weighted by molar-refractivity contribution is -0.147. The number of aliphatic carboxylic acids is 1. The third kappa shape index (κ3) is 6.27. The van der Waals surface area contributed by atoms with Crippen molar-refractivity contribution >= 4 is 35.4 Å². The van der Waals surface area contributed by atoms with Gasteiger partial charge in [-0.2, -0.15) is 13.2 Å². The standard InChI is InChI=1S/C25H25ClF3N3O5/c26-19-6-5-15(13-18(19)25(27,28)29)14-21(22(33)34)37-24(36)31-10-8-17(9-11-31)32-12-7-16-3-1-2-4-20(16)30-23(32)35/h1-6,13,17,21H,7-12,14H2,(H,30,35)(H,33,34)/t21-/m1/s1. The highest BCUT2D eigenvalue weighted by molar-refractivity contribution is 6.31. The SMILES string of the molecule is O=C(O)[C@@H](Cc1ccc(Cl)c(C(F)(F)F)c1)OC(=O)N1CCC(N2CCc3ccccc3NC2=O)CC1. The Morgan fingerprint density at radius 3 is 2.51 bits per heavy atom. The number of carbonyl (C=O) groups is 3. The van der Waals surface area contributed by atoms with Crippen LogP contribution in [0.4, 0.5) is 28.4 Å². The summed E-state index contributed by atoms with van der Waals surface area (Å²) in [4.78, 5) is 40.2. The first-order valence-corrected chi connectivity index (χ1v) is 12.1. The fraction of sp³-hybridized carbons (Fsp3) is 0.400. The minimum Gasteiger partial charge on any atom is -0.478 e. The second-order valence-corrected chi connectivity index (χ2v) is 9.38. The minimum absolute atomic E-state index is 0.0174. The van der Waals surface area contributed by atoms with Crippen LogP contribution < -0.4 is 5.32 Å². The van der Waals surface area contributed by atoms with Gasteiger partial charge in [0, 0.05) is 37.8 Å². The number of fused-ring (bicyclic) bond motifs is 1. The maximum Gasteiger partial charge on any atom is 0.417 e. The second kappa shape index (κ2) is 10.9. The van der Waals surface area contributed by atoms with Crippen molar-refractivity contribution in [2.45, 2.75) is 44.0 Å². The highest BCUT2D eigenvalue weighted by atomic mass is 35.5. The number of urea groups is 1. The predicted molar refractivity (Wildman–Crippen MR) is 129 cm³/mol. The van der Waals surface area contributed by atoms with Gasteiger partial charge in [-0.05, 0) is 48.6 Å². The number of anilines is 1. The van der Waals surface area contributed by atoms with E-state index in [9.17, 15) is 32.7 Å². The summed E-state index contributed by atoms with van der Waals surface area (Å²) in [6.45, 7) is 1.01. The van der Waals surface area contributed by atoms with Crippen molar-refractivity contribution in [2.24, 2.45) is 0 Å². The Kier molecular flexibility index (Phi) is 7.82. The number of piperidine rings is 1. The zero-order valence-corrected chi connectivity index (χ0v) is 20.4. The van der Waals surface area contributed by atoms with Crippen LogP contribution in [0.15, 0.2) is 42.5 Å². The van der Waals surface area contributed by atoms with Gasteiger partial charge < -0.3 is 25.0 Å². The van der Waals surface area contributed by atoms with Gasteiger partial charge in [0.1, 0.15) is 0 Å². The topological polar surface area (TPSA) is 99.2 Å². The number of rotatable bonds is 5. The molecule has 8 nitrogen and oxygen atoms in total. The van der Waals surface area contributed by atoms with Crippen LogP contribution in [0.5, 0.6) is 0 Å². The van der Waals surface area contributed by atoms with E-state index in [1.54, 1.807) is 4.90 Å². The molecule has 0 radical (unpaired) electrons. The number of alkyl halides is 3. The molecular formula is C25H25ClF3N3O5. The third-order valence-corrected chi connectivity index (χ3v) is 6.91. The summed E-state index contributed by atoms with van der Waals surface area (Å²) in [6, 6.07) is 10.3. The lowest BCUT2D eigenvalue weighted by Crippen LogP contribution is -2.50. The van der Waals surface area contributed by atoms with Gasteiger partial charge in [0.05, 0.1) is 10.6 Å². The molecule has 0 aliphatic carbocycles. The average Bonchev–Trinajstić information content (AvgIpc) is 3.02. The number of nitrogens with zero attached hydrogens (tertiary/aromatic N) is 2. The lowest BCUT2D eigenvalue weighted by atomic mass is 10.0. The van der Waals surface area contributed by atoms with E-state index in [-0.39, 0.29) is 30.7 Å². The molecule has 0 aromatic heterocycles. The molecule has 0 bridgehead atoms. The first kappa shape index (κ1) is 26.6. The van der Waals surface area contributed by atoms with Crippen molar-refractivity contribution in [1.29, 1.82) is 0 Å². The number of carbonyl (C=O) groups excluding carboxylic acids is 2. The van der Waals surface area contributed by atoms with Gasteiger partial charge >= 0.3 is 24.3 Å². The molecule has 37 heavy (non-hydrogen) atoms. The lowest BCUT2D eigenvalue weighted by Gasteiger charge is -2.37. The minimum atomic E-state index is -4.71. The molecule has 1 fully saturated rings. The van der Waals surface area contributed by atoms with Gasteiger partial charge in [-0.25, -0.2) is 14.4 Å². The van der Waals surface area contributed by atoms with Crippen LogP contribution in [0.2, 0.25) is 5.02 Å². The summed E-state index contributed by atoms with van der Waals surface area (Å²) in [5.41, 5.74) is 0.745. The van der Waals surface area contributed by atoms with Crippen LogP contribution in [-0.2, 0) is 28.5 Å². The third-order valence-electron chi connectivity index (χ3n) is 6.58. The van der Waals surface area contributed by atoms with E-state index in [2.05, 4.69) is 5.32 Å². The molecule has 0 unspecified atom stereocenters. The highest BCUT2D eigenvalue weighted by Gasteiger charge is 2.35. The Labute approximate surface area is 215 Å². The molecule has 198 valence electrons. The first-order valence-electron chi connectivity index (χ1n) is 11.7. The molecule has 0 spiro atoms. The summed E-state index contributed by atoms with van der Waals surface area (Å²) >= 11 is 5.62. The normalized spacial score (nSPS) is 17.5. The van der Waals surface area contributed by atoms with Crippen molar-refractivity contribution in [3.8, 4) is 0 Å². The van der Waals surface area contributed by atoms with Crippen LogP contribution >= 0.6 is 11.6 Å². The summed E-state index contributed by atoms with van der Waals surface area (Å²) in [5, 5.41) is 11.9. The number of ether oxygens (including phenoxy) is 1. The van der Waals surface area contributed by atoms with E-state index in [0.29, 0.717) is 25.8 Å². The van der Waals surface area contributed by atoms with Crippen LogP contribution in [-0.4, -0.2) is 64.8 Å². The number of likely N-dealkylation sites (tertiary alicyclic amines) is 1. The molecule has 4 rings (SSSR count). The number of amides is 3. The van der Waals surface area contributed by atoms with Crippen molar-refractivity contribution < 1.29 is 37.4 Å². The summed E-state index contributed by atoms with van der Waals surface area (Å²) in [5.74, 6) is -1.48. The molecule has 1 saturated heterocycles. The number of carboxylic acid groups (broad SMARTS) is 1. The quantitative estimate of drug-likeness (QED) is 0.554. The van der Waals surface area contributed by atoms with Crippen molar-refractivity contribution in [3.63, 3.8) is 0 Å². The van der Waals surface area contributed by atoms with Crippen molar-refractivity contribution in [3.05, 3.63) is 64.2 Å². The fourth-order valence-corrected chi connectivity index (χ4v) is 4.83. The molecule has 3 amide bonds. The predicted octanol–water partition coefficient (Wildman–Crippen LogP) is 5.05. The molecule has 2 aromatic rings. The highest BCUT2D eigenvalue weighted by Crippen LogP contribution is 2.35. The number of hydrogen-bond acceptors (Lipinski definition) is 4. The van der Waals surface area contributed by atoms with E-state index in [1.807, 2.05) is 24.3 Å². The van der Waals surface area contributed by atoms with Crippen molar-refractivity contribution in [2.75, 3.05) is 25.0 Å². The van der Waals surface area contributed by atoms with Crippen LogP contribution in [0.1, 0.15) is 29.5 Å². The fourth-order valence-electron chi connectivity index (χ4n) is 4.60. The Balaban J connectivity index is 1.34.